The summed E-state index contributed by atoms with van der Waals surface area (Å²) in [6.45, 7) is 5.52. The van der Waals surface area contributed by atoms with Crippen molar-refractivity contribution >= 4 is 0 Å². The molecule has 1 N–H and O–H groups in total. The number of aryl methyl sites for hydroxylation is 1. The monoisotopic (exact) mass is 224 g/mol. The zero-order valence-electron chi connectivity index (χ0n) is 10.7. The second kappa shape index (κ2) is 7.41. The Labute approximate surface area is 98.7 Å². The Morgan fingerprint density at radius 1 is 1.44 bits per heavy atom. The zero-order chi connectivity index (χ0) is 11.8. The zero-order valence-corrected chi connectivity index (χ0v) is 10.7. The minimum Gasteiger partial charge on any atom is -0.337 e. The molecule has 4 nitrogen and oxygen atoms in total. The van der Waals surface area contributed by atoms with Crippen LogP contribution >= 0.6 is 0 Å². The summed E-state index contributed by atoms with van der Waals surface area (Å²) < 4.78 is 2.12. The van der Waals surface area contributed by atoms with Crippen LogP contribution in [0.4, 0.5) is 0 Å². The molecule has 0 aliphatic carbocycles. The SMILES string of the molecule is CC(CCN(C)C)NCCCn1ccnc1. The van der Waals surface area contributed by atoms with Crippen molar-refractivity contribution in [3.8, 4) is 0 Å². The maximum atomic E-state index is 4.02. The van der Waals surface area contributed by atoms with Gasteiger partial charge in [0.25, 0.3) is 0 Å². The highest BCUT2D eigenvalue weighted by molar-refractivity contribution is 4.74. The van der Waals surface area contributed by atoms with E-state index >= 15 is 0 Å². The van der Waals surface area contributed by atoms with E-state index in [9.17, 15) is 0 Å². The molecule has 92 valence electrons. The van der Waals surface area contributed by atoms with Crippen molar-refractivity contribution < 1.29 is 0 Å². The number of hydrogen-bond donors (Lipinski definition) is 1. The molecule has 0 fully saturated rings. The van der Waals surface area contributed by atoms with Crippen molar-refractivity contribution in [2.45, 2.75) is 32.4 Å². The third-order valence-electron chi connectivity index (χ3n) is 2.65. The molecule has 1 aromatic heterocycles. The van der Waals surface area contributed by atoms with Crippen molar-refractivity contribution in [2.24, 2.45) is 0 Å². The van der Waals surface area contributed by atoms with Gasteiger partial charge in [-0.3, -0.25) is 0 Å². The summed E-state index contributed by atoms with van der Waals surface area (Å²) in [5.41, 5.74) is 0. The van der Waals surface area contributed by atoms with Crippen LogP contribution in [-0.2, 0) is 6.54 Å². The van der Waals surface area contributed by atoms with Crippen LogP contribution in [0, 0.1) is 0 Å². The van der Waals surface area contributed by atoms with Crippen molar-refractivity contribution in [3.05, 3.63) is 18.7 Å². The van der Waals surface area contributed by atoms with Crippen LogP contribution in [0.2, 0.25) is 0 Å². The first-order valence-corrected chi connectivity index (χ1v) is 6.02. The number of hydrogen-bond acceptors (Lipinski definition) is 3. The lowest BCUT2D eigenvalue weighted by atomic mass is 10.2. The van der Waals surface area contributed by atoms with Gasteiger partial charge in [0.05, 0.1) is 6.33 Å². The predicted molar refractivity (Wildman–Crippen MR) is 67.5 cm³/mol. The van der Waals surface area contributed by atoms with E-state index in [1.165, 1.54) is 6.42 Å². The van der Waals surface area contributed by atoms with E-state index in [1.54, 1.807) is 0 Å². The Morgan fingerprint density at radius 2 is 2.25 bits per heavy atom. The molecule has 1 aromatic rings. The highest BCUT2D eigenvalue weighted by Gasteiger charge is 2.01. The van der Waals surface area contributed by atoms with Crippen LogP contribution in [0.1, 0.15) is 19.8 Å². The number of rotatable bonds is 8. The van der Waals surface area contributed by atoms with Gasteiger partial charge in [-0.1, -0.05) is 0 Å². The molecule has 0 aliphatic heterocycles. The highest BCUT2D eigenvalue weighted by Crippen LogP contribution is 1.94. The lowest BCUT2D eigenvalue weighted by molar-refractivity contribution is 0.364. The molecule has 0 aliphatic rings. The van der Waals surface area contributed by atoms with Crippen LogP contribution in [0.5, 0.6) is 0 Å². The molecule has 1 atom stereocenters. The van der Waals surface area contributed by atoms with Gasteiger partial charge in [0.15, 0.2) is 0 Å². The van der Waals surface area contributed by atoms with E-state index in [2.05, 4.69) is 40.8 Å². The molecule has 1 heterocycles. The summed E-state index contributed by atoms with van der Waals surface area (Å²) in [7, 11) is 4.23. The Kier molecular flexibility index (Phi) is 6.11. The van der Waals surface area contributed by atoms with E-state index in [-0.39, 0.29) is 0 Å². The lowest BCUT2D eigenvalue weighted by Crippen LogP contribution is -2.30. The molecule has 0 amide bonds. The van der Waals surface area contributed by atoms with E-state index in [0.29, 0.717) is 6.04 Å². The maximum absolute atomic E-state index is 4.02. The van der Waals surface area contributed by atoms with Gasteiger partial charge in [0.1, 0.15) is 0 Å². The molecule has 0 radical (unpaired) electrons. The quantitative estimate of drug-likeness (QED) is 0.674. The Hall–Kier alpha value is -0.870. The lowest BCUT2D eigenvalue weighted by Gasteiger charge is -2.16. The summed E-state index contributed by atoms with van der Waals surface area (Å²) in [6.07, 6.45) is 8.07. The van der Waals surface area contributed by atoms with Crippen molar-refractivity contribution in [3.63, 3.8) is 0 Å². The summed E-state index contributed by atoms with van der Waals surface area (Å²) in [5.74, 6) is 0. The van der Waals surface area contributed by atoms with Gasteiger partial charge in [-0.2, -0.15) is 0 Å². The maximum Gasteiger partial charge on any atom is 0.0945 e. The fourth-order valence-corrected chi connectivity index (χ4v) is 1.58. The van der Waals surface area contributed by atoms with E-state index in [1.807, 2.05) is 18.7 Å². The average Bonchev–Trinajstić information content (AvgIpc) is 2.74. The Bertz CT molecular complexity index is 256. The van der Waals surface area contributed by atoms with Gasteiger partial charge >= 0.3 is 0 Å². The van der Waals surface area contributed by atoms with Gasteiger partial charge < -0.3 is 14.8 Å². The van der Waals surface area contributed by atoms with Crippen LogP contribution < -0.4 is 5.32 Å². The number of imidazole rings is 1. The minimum atomic E-state index is 0.602. The molecule has 0 bridgehead atoms. The van der Waals surface area contributed by atoms with Gasteiger partial charge in [0.2, 0.25) is 0 Å². The summed E-state index contributed by atoms with van der Waals surface area (Å²) >= 11 is 0. The molecule has 0 aromatic carbocycles. The first kappa shape index (κ1) is 13.2. The normalized spacial score (nSPS) is 13.2. The first-order chi connectivity index (χ1) is 7.68. The Balaban J connectivity index is 1.98. The summed E-state index contributed by atoms with van der Waals surface area (Å²) in [5, 5.41) is 3.54. The fraction of sp³-hybridized carbons (Fsp3) is 0.750. The smallest absolute Gasteiger partial charge is 0.0945 e. The van der Waals surface area contributed by atoms with Crippen molar-refractivity contribution in [1.82, 2.24) is 19.8 Å². The number of aromatic nitrogens is 2. The summed E-state index contributed by atoms with van der Waals surface area (Å²) in [6, 6.07) is 0.602. The molecule has 0 saturated carbocycles. The highest BCUT2D eigenvalue weighted by atomic mass is 15.1. The molecule has 0 saturated heterocycles. The second-order valence-corrected chi connectivity index (χ2v) is 4.60. The second-order valence-electron chi connectivity index (χ2n) is 4.60. The fourth-order valence-electron chi connectivity index (χ4n) is 1.58. The average molecular weight is 224 g/mol. The molecular formula is C12H24N4. The topological polar surface area (TPSA) is 33.1 Å². The van der Waals surface area contributed by atoms with Crippen LogP contribution in [-0.4, -0.2) is 47.7 Å². The van der Waals surface area contributed by atoms with Crippen LogP contribution in [0.15, 0.2) is 18.7 Å². The summed E-state index contributed by atoms with van der Waals surface area (Å²) in [4.78, 5) is 6.25. The van der Waals surface area contributed by atoms with Crippen LogP contribution in [0.3, 0.4) is 0 Å². The van der Waals surface area contributed by atoms with Gasteiger partial charge in [-0.25, -0.2) is 4.98 Å². The third kappa shape index (κ3) is 5.88. The number of nitrogens with zero attached hydrogens (tertiary/aromatic N) is 3. The standard InChI is InChI=1S/C12H24N4/c1-12(5-9-15(2)3)14-6-4-8-16-10-7-13-11-16/h7,10-12,14H,4-6,8-9H2,1-3H3. The van der Waals surface area contributed by atoms with Crippen molar-refractivity contribution in [1.29, 1.82) is 0 Å². The Morgan fingerprint density at radius 3 is 2.88 bits per heavy atom. The molecule has 4 heteroatoms. The van der Waals surface area contributed by atoms with Crippen LogP contribution in [0.25, 0.3) is 0 Å². The van der Waals surface area contributed by atoms with E-state index in [0.717, 1.165) is 26.1 Å². The minimum absolute atomic E-state index is 0.602. The third-order valence-corrected chi connectivity index (χ3v) is 2.65. The number of nitrogens with one attached hydrogen (secondary N) is 1. The van der Waals surface area contributed by atoms with Gasteiger partial charge in [-0.05, 0) is 47.0 Å². The molecular weight excluding hydrogens is 200 g/mol. The molecule has 1 unspecified atom stereocenters. The largest absolute Gasteiger partial charge is 0.337 e. The predicted octanol–water partition coefficient (Wildman–Crippen LogP) is 1.20. The molecule has 1 rings (SSSR count). The molecule has 16 heavy (non-hydrogen) atoms. The van der Waals surface area contributed by atoms with E-state index in [4.69, 9.17) is 0 Å². The first-order valence-electron chi connectivity index (χ1n) is 6.02. The van der Waals surface area contributed by atoms with E-state index < -0.39 is 0 Å². The van der Waals surface area contributed by atoms with Gasteiger partial charge in [-0.15, -0.1) is 0 Å². The van der Waals surface area contributed by atoms with Gasteiger partial charge in [0, 0.05) is 25.0 Å². The molecule has 0 spiro atoms. The van der Waals surface area contributed by atoms with Crippen molar-refractivity contribution in [2.75, 3.05) is 27.2 Å².